The molecule has 2 heterocycles. The lowest BCUT2D eigenvalue weighted by atomic mass is 10.1. The molecule has 0 unspecified atom stereocenters. The number of anilines is 2. The molecule has 2 aromatic heterocycles. The van der Waals surface area contributed by atoms with Gasteiger partial charge in [-0.3, -0.25) is 5.10 Å². The van der Waals surface area contributed by atoms with Crippen LogP contribution in [-0.2, 0) is 12.4 Å². The maximum absolute atomic E-state index is 13.4. The standard InChI is InChI=1S/C19H11F6N5/c20-18(21,22)12-7-3-1-5-10(12)16-26-13-8-4-2-6-11(13)17(28-16)27-15-9-14(29-30-15)19(23,24)25/h1-9H,(H2,26,27,28,29,30). The summed E-state index contributed by atoms with van der Waals surface area (Å²) < 4.78 is 78.7. The van der Waals surface area contributed by atoms with Gasteiger partial charge in [0.1, 0.15) is 11.5 Å². The number of rotatable bonds is 3. The predicted molar refractivity (Wildman–Crippen MR) is 96.8 cm³/mol. The molecule has 0 aliphatic heterocycles. The second-order valence-corrected chi connectivity index (χ2v) is 6.25. The van der Waals surface area contributed by atoms with Crippen LogP contribution in [0.1, 0.15) is 11.3 Å². The third-order valence-electron chi connectivity index (χ3n) is 4.21. The molecule has 0 saturated carbocycles. The summed E-state index contributed by atoms with van der Waals surface area (Å²) in [6.07, 6.45) is -9.26. The van der Waals surface area contributed by atoms with E-state index in [2.05, 4.69) is 20.4 Å². The van der Waals surface area contributed by atoms with Crippen LogP contribution >= 0.6 is 0 Å². The van der Waals surface area contributed by atoms with Gasteiger partial charge in [-0.15, -0.1) is 0 Å². The molecule has 0 atom stereocenters. The number of aromatic amines is 1. The molecule has 4 aromatic rings. The molecule has 154 valence electrons. The Kier molecular flexibility index (Phi) is 4.60. The number of H-pyrrole nitrogens is 1. The van der Waals surface area contributed by atoms with Crippen LogP contribution in [0.2, 0.25) is 0 Å². The molecule has 4 rings (SSSR count). The maximum Gasteiger partial charge on any atom is 0.432 e. The van der Waals surface area contributed by atoms with Gasteiger partial charge >= 0.3 is 12.4 Å². The molecule has 0 amide bonds. The smallest absolute Gasteiger partial charge is 0.323 e. The van der Waals surface area contributed by atoms with Crippen molar-refractivity contribution in [3.8, 4) is 11.4 Å². The van der Waals surface area contributed by atoms with E-state index in [0.717, 1.165) is 12.1 Å². The first-order valence-corrected chi connectivity index (χ1v) is 8.46. The first-order chi connectivity index (χ1) is 14.1. The van der Waals surface area contributed by atoms with Gasteiger partial charge in [0.05, 0.1) is 11.1 Å². The summed E-state index contributed by atoms with van der Waals surface area (Å²) in [5.74, 6) is -0.398. The zero-order valence-electron chi connectivity index (χ0n) is 14.8. The van der Waals surface area contributed by atoms with Gasteiger partial charge in [-0.25, -0.2) is 9.97 Å². The highest BCUT2D eigenvalue weighted by molar-refractivity contribution is 5.92. The summed E-state index contributed by atoms with van der Waals surface area (Å²) in [6, 6.07) is 12.0. The van der Waals surface area contributed by atoms with Crippen molar-refractivity contribution in [2.75, 3.05) is 5.32 Å². The summed E-state index contributed by atoms with van der Waals surface area (Å²) in [7, 11) is 0. The van der Waals surface area contributed by atoms with Crippen molar-refractivity contribution in [3.05, 3.63) is 65.9 Å². The minimum atomic E-state index is -4.64. The molecule has 0 bridgehead atoms. The van der Waals surface area contributed by atoms with Crippen molar-refractivity contribution in [1.29, 1.82) is 0 Å². The van der Waals surface area contributed by atoms with Gasteiger partial charge in [-0.1, -0.05) is 30.3 Å². The first-order valence-electron chi connectivity index (χ1n) is 8.46. The van der Waals surface area contributed by atoms with Gasteiger partial charge in [-0.05, 0) is 18.2 Å². The van der Waals surface area contributed by atoms with Gasteiger partial charge in [0.2, 0.25) is 0 Å². The Hall–Kier alpha value is -3.63. The SMILES string of the molecule is FC(F)(F)c1cc(Nc2nc(-c3ccccc3C(F)(F)F)nc3ccccc23)n[nH]1. The number of nitrogens with zero attached hydrogens (tertiary/aromatic N) is 3. The quantitative estimate of drug-likeness (QED) is 0.409. The number of aromatic nitrogens is 4. The van der Waals surface area contributed by atoms with E-state index in [9.17, 15) is 26.3 Å². The van der Waals surface area contributed by atoms with Crippen LogP contribution in [0.3, 0.4) is 0 Å². The van der Waals surface area contributed by atoms with Gasteiger partial charge in [-0.2, -0.15) is 31.4 Å². The third kappa shape index (κ3) is 3.78. The monoisotopic (exact) mass is 423 g/mol. The predicted octanol–water partition coefficient (Wildman–Crippen LogP) is 5.80. The molecule has 0 fully saturated rings. The molecule has 11 heteroatoms. The van der Waals surface area contributed by atoms with E-state index >= 15 is 0 Å². The minimum absolute atomic E-state index is 0.0211. The van der Waals surface area contributed by atoms with Crippen molar-refractivity contribution in [1.82, 2.24) is 20.2 Å². The molecule has 30 heavy (non-hydrogen) atoms. The van der Waals surface area contributed by atoms with Crippen molar-refractivity contribution >= 4 is 22.5 Å². The van der Waals surface area contributed by atoms with Gasteiger partial charge in [0, 0.05) is 17.0 Å². The molecule has 0 aliphatic rings. The minimum Gasteiger partial charge on any atom is -0.323 e. The normalized spacial score (nSPS) is 12.3. The summed E-state index contributed by atoms with van der Waals surface area (Å²) in [4.78, 5) is 8.36. The second-order valence-electron chi connectivity index (χ2n) is 6.25. The van der Waals surface area contributed by atoms with Crippen molar-refractivity contribution in [2.24, 2.45) is 0 Å². The molecule has 2 aromatic carbocycles. The van der Waals surface area contributed by atoms with Crippen LogP contribution in [0, 0.1) is 0 Å². The lowest BCUT2D eigenvalue weighted by molar-refractivity contribution is -0.141. The van der Waals surface area contributed by atoms with Gasteiger partial charge in [0.15, 0.2) is 11.6 Å². The zero-order chi connectivity index (χ0) is 21.5. The Morgan fingerprint density at radius 3 is 2.20 bits per heavy atom. The van der Waals surface area contributed by atoms with E-state index in [1.165, 1.54) is 18.2 Å². The molecule has 2 N–H and O–H groups in total. The Labute approximate surface area is 164 Å². The van der Waals surface area contributed by atoms with E-state index < -0.39 is 23.6 Å². The molecular weight excluding hydrogens is 412 g/mol. The van der Waals surface area contributed by atoms with E-state index in [0.29, 0.717) is 10.9 Å². The Balaban J connectivity index is 1.85. The lowest BCUT2D eigenvalue weighted by Gasteiger charge is -2.14. The zero-order valence-corrected chi connectivity index (χ0v) is 14.8. The third-order valence-corrected chi connectivity index (χ3v) is 4.21. The molecule has 0 radical (unpaired) electrons. The van der Waals surface area contributed by atoms with E-state index in [1.54, 1.807) is 24.3 Å². The number of hydrogen-bond donors (Lipinski definition) is 2. The second kappa shape index (κ2) is 7.01. The molecule has 5 nitrogen and oxygen atoms in total. The highest BCUT2D eigenvalue weighted by atomic mass is 19.4. The fourth-order valence-corrected chi connectivity index (χ4v) is 2.87. The number of nitrogens with one attached hydrogen (secondary N) is 2. The number of alkyl halides is 6. The fourth-order valence-electron chi connectivity index (χ4n) is 2.87. The van der Waals surface area contributed by atoms with E-state index in [-0.39, 0.29) is 23.0 Å². The van der Waals surface area contributed by atoms with Crippen LogP contribution < -0.4 is 5.32 Å². The van der Waals surface area contributed by atoms with Crippen molar-refractivity contribution in [3.63, 3.8) is 0 Å². The largest absolute Gasteiger partial charge is 0.432 e. The molecule has 0 aliphatic carbocycles. The number of halogens is 6. The Bertz CT molecular complexity index is 1210. The summed E-state index contributed by atoms with van der Waals surface area (Å²) >= 11 is 0. The van der Waals surface area contributed by atoms with Gasteiger partial charge < -0.3 is 5.32 Å². The topological polar surface area (TPSA) is 66.5 Å². The number of hydrogen-bond acceptors (Lipinski definition) is 4. The summed E-state index contributed by atoms with van der Waals surface area (Å²) in [5, 5.41) is 8.45. The van der Waals surface area contributed by atoms with Crippen LogP contribution in [0.4, 0.5) is 38.0 Å². The maximum atomic E-state index is 13.4. The number of fused-ring (bicyclic) bond motifs is 1. The Morgan fingerprint density at radius 2 is 1.50 bits per heavy atom. The van der Waals surface area contributed by atoms with E-state index in [1.807, 2.05) is 5.10 Å². The number of benzene rings is 2. The average molecular weight is 423 g/mol. The van der Waals surface area contributed by atoms with Crippen LogP contribution in [0.15, 0.2) is 54.6 Å². The van der Waals surface area contributed by atoms with Crippen LogP contribution in [0.5, 0.6) is 0 Å². The molecule has 0 spiro atoms. The van der Waals surface area contributed by atoms with Crippen molar-refractivity contribution < 1.29 is 26.3 Å². The lowest BCUT2D eigenvalue weighted by Crippen LogP contribution is -2.08. The number of para-hydroxylation sites is 1. The van der Waals surface area contributed by atoms with Gasteiger partial charge in [0.25, 0.3) is 0 Å². The van der Waals surface area contributed by atoms with Crippen LogP contribution in [0.25, 0.3) is 22.3 Å². The summed E-state index contributed by atoms with van der Waals surface area (Å²) in [6.45, 7) is 0. The average Bonchev–Trinajstić information content (AvgIpc) is 3.16. The molecule has 0 saturated heterocycles. The van der Waals surface area contributed by atoms with Crippen molar-refractivity contribution in [2.45, 2.75) is 12.4 Å². The highest BCUT2D eigenvalue weighted by Gasteiger charge is 2.35. The van der Waals surface area contributed by atoms with E-state index in [4.69, 9.17) is 0 Å². The first kappa shape index (κ1) is 19.7. The van der Waals surface area contributed by atoms with Crippen LogP contribution in [-0.4, -0.2) is 20.2 Å². The summed E-state index contributed by atoms with van der Waals surface area (Å²) in [5.41, 5.74) is -1.94. The Morgan fingerprint density at radius 1 is 0.800 bits per heavy atom. The molecular formula is C19H11F6N5. The fraction of sp³-hybridized carbons (Fsp3) is 0.105. The highest BCUT2D eigenvalue weighted by Crippen LogP contribution is 2.37.